The summed E-state index contributed by atoms with van der Waals surface area (Å²) in [6.45, 7) is 6.04. The van der Waals surface area contributed by atoms with E-state index in [9.17, 15) is 4.79 Å². The molecule has 1 unspecified atom stereocenters. The Morgan fingerprint density at radius 2 is 2.00 bits per heavy atom. The van der Waals surface area contributed by atoms with Crippen molar-refractivity contribution in [2.75, 3.05) is 46.4 Å². The van der Waals surface area contributed by atoms with E-state index in [0.717, 1.165) is 44.7 Å². The molecule has 5 nitrogen and oxygen atoms in total. The highest BCUT2D eigenvalue weighted by Crippen LogP contribution is 2.15. The summed E-state index contributed by atoms with van der Waals surface area (Å²) in [6.07, 6.45) is 0.446. The second-order valence-electron chi connectivity index (χ2n) is 5.26. The van der Waals surface area contributed by atoms with E-state index in [-0.39, 0.29) is 18.3 Å². The number of hydrogen-bond acceptors (Lipinski definition) is 4. The van der Waals surface area contributed by atoms with E-state index >= 15 is 0 Å². The van der Waals surface area contributed by atoms with E-state index in [1.807, 2.05) is 30.3 Å². The molecule has 22 heavy (non-hydrogen) atoms. The lowest BCUT2D eigenvalue weighted by molar-refractivity contribution is -0.131. The number of piperazine rings is 1. The minimum atomic E-state index is -0.523. The van der Waals surface area contributed by atoms with E-state index in [2.05, 4.69) is 15.5 Å². The first-order valence-electron chi connectivity index (χ1n) is 7.60. The highest BCUT2D eigenvalue weighted by molar-refractivity contribution is 5.85. The number of amides is 1. The van der Waals surface area contributed by atoms with E-state index in [4.69, 9.17) is 4.74 Å². The number of nitrogens with zero attached hydrogens (tertiary/aromatic N) is 1. The van der Waals surface area contributed by atoms with Crippen molar-refractivity contribution in [3.63, 3.8) is 0 Å². The monoisotopic (exact) mass is 327 g/mol. The number of carbonyl (C=O) groups excluding carboxylic acids is 1. The number of nitrogens with one attached hydrogen (secondary N) is 2. The van der Waals surface area contributed by atoms with Crippen LogP contribution >= 0.6 is 12.4 Å². The van der Waals surface area contributed by atoms with Gasteiger partial charge in [0.05, 0.1) is 0 Å². The van der Waals surface area contributed by atoms with Gasteiger partial charge in [0.1, 0.15) is 0 Å². The second kappa shape index (κ2) is 10.6. The van der Waals surface area contributed by atoms with Crippen LogP contribution in [0.3, 0.4) is 0 Å². The molecule has 0 aromatic heterocycles. The van der Waals surface area contributed by atoms with Gasteiger partial charge in [-0.05, 0) is 18.5 Å². The number of rotatable bonds is 7. The van der Waals surface area contributed by atoms with Gasteiger partial charge in [-0.3, -0.25) is 4.79 Å². The lowest BCUT2D eigenvalue weighted by Crippen LogP contribution is -2.44. The molecule has 1 saturated heterocycles. The summed E-state index contributed by atoms with van der Waals surface area (Å²) < 4.78 is 5.31. The van der Waals surface area contributed by atoms with Crippen LogP contribution < -0.4 is 10.6 Å². The lowest BCUT2D eigenvalue weighted by atomic mass is 10.1. The molecule has 1 aliphatic heterocycles. The maximum atomic E-state index is 12.2. The zero-order valence-electron chi connectivity index (χ0n) is 13.1. The van der Waals surface area contributed by atoms with E-state index < -0.39 is 6.10 Å². The molecule has 1 heterocycles. The summed E-state index contributed by atoms with van der Waals surface area (Å²) in [6, 6.07) is 9.59. The molecule has 6 heteroatoms. The predicted molar refractivity (Wildman–Crippen MR) is 90.4 cm³/mol. The topological polar surface area (TPSA) is 53.6 Å². The van der Waals surface area contributed by atoms with Crippen LogP contribution in [-0.4, -0.2) is 57.2 Å². The number of methoxy groups -OCH3 is 1. The van der Waals surface area contributed by atoms with E-state index in [1.165, 1.54) is 0 Å². The molecule has 0 bridgehead atoms. The van der Waals surface area contributed by atoms with E-state index in [1.54, 1.807) is 7.11 Å². The highest BCUT2D eigenvalue weighted by atomic mass is 35.5. The van der Waals surface area contributed by atoms with Crippen LogP contribution in [0.25, 0.3) is 0 Å². The third kappa shape index (κ3) is 5.93. The molecule has 0 aliphatic carbocycles. The van der Waals surface area contributed by atoms with Crippen molar-refractivity contribution in [2.24, 2.45) is 0 Å². The first-order valence-corrected chi connectivity index (χ1v) is 7.60. The Hall–Kier alpha value is -1.14. The number of carbonyl (C=O) groups is 1. The van der Waals surface area contributed by atoms with Gasteiger partial charge in [0.15, 0.2) is 6.10 Å². The Morgan fingerprint density at radius 3 is 2.64 bits per heavy atom. The highest BCUT2D eigenvalue weighted by Gasteiger charge is 2.19. The molecule has 0 spiro atoms. The van der Waals surface area contributed by atoms with Crippen molar-refractivity contribution in [3.05, 3.63) is 35.9 Å². The van der Waals surface area contributed by atoms with Gasteiger partial charge in [0.25, 0.3) is 5.91 Å². The zero-order valence-corrected chi connectivity index (χ0v) is 13.9. The van der Waals surface area contributed by atoms with Gasteiger partial charge >= 0.3 is 0 Å². The van der Waals surface area contributed by atoms with Crippen LogP contribution in [-0.2, 0) is 9.53 Å². The summed E-state index contributed by atoms with van der Waals surface area (Å²) >= 11 is 0. The van der Waals surface area contributed by atoms with Crippen molar-refractivity contribution in [2.45, 2.75) is 12.5 Å². The summed E-state index contributed by atoms with van der Waals surface area (Å²) in [5.41, 5.74) is 0.889. The fourth-order valence-electron chi connectivity index (χ4n) is 2.56. The summed E-state index contributed by atoms with van der Waals surface area (Å²) in [5, 5.41) is 6.30. The minimum absolute atomic E-state index is 0. The van der Waals surface area contributed by atoms with Gasteiger partial charge < -0.3 is 20.3 Å². The third-order valence-electron chi connectivity index (χ3n) is 3.74. The molecular weight excluding hydrogens is 302 g/mol. The number of ether oxygens (including phenoxy) is 1. The number of benzene rings is 1. The van der Waals surface area contributed by atoms with Crippen molar-refractivity contribution in [1.29, 1.82) is 0 Å². The van der Waals surface area contributed by atoms with E-state index in [0.29, 0.717) is 6.54 Å². The van der Waals surface area contributed by atoms with Gasteiger partial charge in [-0.2, -0.15) is 0 Å². The third-order valence-corrected chi connectivity index (χ3v) is 3.74. The minimum Gasteiger partial charge on any atom is -0.367 e. The first kappa shape index (κ1) is 18.9. The Balaban J connectivity index is 0.00000242. The Labute approximate surface area is 138 Å². The molecule has 124 valence electrons. The molecule has 1 amide bonds. The number of halogens is 1. The van der Waals surface area contributed by atoms with Crippen molar-refractivity contribution in [1.82, 2.24) is 15.5 Å². The standard InChI is InChI=1S/C16H25N3O2.ClH/c1-21-15(14-6-3-2-4-7-14)16(20)18-8-5-11-19-12-9-17-10-13-19;/h2-4,6-7,15,17H,5,8-13H2,1H3,(H,18,20);1H. The average Bonchev–Trinajstić information content (AvgIpc) is 2.54. The van der Waals surface area contributed by atoms with Crippen LogP contribution in [0.2, 0.25) is 0 Å². The number of hydrogen-bond donors (Lipinski definition) is 2. The van der Waals surface area contributed by atoms with Gasteiger partial charge in [-0.1, -0.05) is 30.3 Å². The fraction of sp³-hybridized carbons (Fsp3) is 0.562. The molecule has 2 rings (SSSR count). The molecule has 0 saturated carbocycles. The largest absolute Gasteiger partial charge is 0.367 e. The smallest absolute Gasteiger partial charge is 0.253 e. The molecular formula is C16H26ClN3O2. The average molecular weight is 328 g/mol. The maximum absolute atomic E-state index is 12.2. The van der Waals surface area contributed by atoms with Crippen LogP contribution in [0.15, 0.2) is 30.3 Å². The quantitative estimate of drug-likeness (QED) is 0.739. The normalized spacial score (nSPS) is 16.6. The molecule has 1 atom stereocenters. The predicted octanol–water partition coefficient (Wildman–Crippen LogP) is 1.21. The summed E-state index contributed by atoms with van der Waals surface area (Å²) in [4.78, 5) is 14.6. The Morgan fingerprint density at radius 1 is 1.32 bits per heavy atom. The zero-order chi connectivity index (χ0) is 14.9. The molecule has 2 N–H and O–H groups in total. The lowest BCUT2D eigenvalue weighted by Gasteiger charge is -2.27. The molecule has 0 radical (unpaired) electrons. The van der Waals surface area contributed by atoms with Crippen molar-refractivity contribution in [3.8, 4) is 0 Å². The van der Waals surface area contributed by atoms with Gasteiger partial charge in [0, 0.05) is 39.8 Å². The van der Waals surface area contributed by atoms with Crippen LogP contribution in [0.1, 0.15) is 18.1 Å². The van der Waals surface area contributed by atoms with Gasteiger partial charge in [-0.15, -0.1) is 12.4 Å². The van der Waals surface area contributed by atoms with Crippen LogP contribution in [0.5, 0.6) is 0 Å². The Bertz CT molecular complexity index is 425. The fourth-order valence-corrected chi connectivity index (χ4v) is 2.56. The van der Waals surface area contributed by atoms with Crippen LogP contribution in [0.4, 0.5) is 0 Å². The van der Waals surface area contributed by atoms with Gasteiger partial charge in [-0.25, -0.2) is 0 Å². The van der Waals surface area contributed by atoms with Crippen molar-refractivity contribution < 1.29 is 9.53 Å². The molecule has 1 fully saturated rings. The first-order chi connectivity index (χ1) is 10.3. The molecule has 1 aromatic rings. The molecule has 1 aromatic carbocycles. The summed E-state index contributed by atoms with van der Waals surface area (Å²) in [7, 11) is 1.57. The SMILES string of the molecule is COC(C(=O)NCCCN1CCNCC1)c1ccccc1.Cl. The second-order valence-corrected chi connectivity index (χ2v) is 5.26. The van der Waals surface area contributed by atoms with Crippen molar-refractivity contribution >= 4 is 18.3 Å². The van der Waals surface area contributed by atoms with Gasteiger partial charge in [0.2, 0.25) is 0 Å². The Kier molecular flexibility index (Phi) is 9.08. The summed E-state index contributed by atoms with van der Waals surface area (Å²) in [5.74, 6) is -0.0657. The maximum Gasteiger partial charge on any atom is 0.253 e. The molecule has 1 aliphatic rings. The van der Waals surface area contributed by atoms with Crippen LogP contribution in [0, 0.1) is 0 Å².